The molecule has 0 aliphatic heterocycles. The molecule has 1 amide bonds. The lowest BCUT2D eigenvalue weighted by molar-refractivity contribution is -0.384. The normalized spacial score (nSPS) is 10.3. The molecular formula is C18H15N3O5. The number of nitrogens with zero attached hydrogens (tertiary/aromatic N) is 2. The predicted molar refractivity (Wildman–Crippen MR) is 92.4 cm³/mol. The SMILES string of the molecule is O=C(COc1cccc([N+](=O)[O-])c1)NCc1ncc(-c2ccccc2)o1. The summed E-state index contributed by atoms with van der Waals surface area (Å²) >= 11 is 0. The maximum Gasteiger partial charge on any atom is 0.273 e. The molecule has 0 atom stereocenters. The van der Waals surface area contributed by atoms with E-state index in [2.05, 4.69) is 10.3 Å². The molecular weight excluding hydrogens is 338 g/mol. The summed E-state index contributed by atoms with van der Waals surface area (Å²) in [4.78, 5) is 26.1. The molecule has 0 radical (unpaired) electrons. The number of hydrogen-bond acceptors (Lipinski definition) is 6. The summed E-state index contributed by atoms with van der Waals surface area (Å²) < 4.78 is 10.8. The Kier molecular flexibility index (Phi) is 5.23. The van der Waals surface area contributed by atoms with E-state index >= 15 is 0 Å². The Morgan fingerprint density at radius 1 is 1.19 bits per heavy atom. The predicted octanol–water partition coefficient (Wildman–Crippen LogP) is 2.95. The second kappa shape index (κ2) is 7.93. The average Bonchev–Trinajstić information content (AvgIpc) is 3.15. The van der Waals surface area contributed by atoms with E-state index in [9.17, 15) is 14.9 Å². The van der Waals surface area contributed by atoms with Crippen molar-refractivity contribution in [2.75, 3.05) is 6.61 Å². The van der Waals surface area contributed by atoms with Crippen molar-refractivity contribution in [3.8, 4) is 17.1 Å². The summed E-state index contributed by atoms with van der Waals surface area (Å²) in [5.41, 5.74) is 0.794. The number of rotatable bonds is 7. The van der Waals surface area contributed by atoms with Gasteiger partial charge in [0, 0.05) is 11.6 Å². The smallest absolute Gasteiger partial charge is 0.273 e. The van der Waals surface area contributed by atoms with Crippen LogP contribution in [-0.2, 0) is 11.3 Å². The van der Waals surface area contributed by atoms with Crippen LogP contribution >= 0.6 is 0 Å². The number of aromatic nitrogens is 1. The minimum atomic E-state index is -0.528. The van der Waals surface area contributed by atoms with Gasteiger partial charge in [0.1, 0.15) is 5.75 Å². The van der Waals surface area contributed by atoms with Gasteiger partial charge in [-0.1, -0.05) is 36.4 Å². The molecule has 8 heteroatoms. The standard InChI is InChI=1S/C18H15N3O5/c22-17(12-25-15-8-4-7-14(9-15)21(23)24)19-11-18-20-10-16(26-18)13-5-2-1-3-6-13/h1-10H,11-12H2,(H,19,22). The Hall–Kier alpha value is -3.68. The maximum atomic E-state index is 11.8. The fourth-order valence-electron chi connectivity index (χ4n) is 2.19. The minimum Gasteiger partial charge on any atom is -0.484 e. The van der Waals surface area contributed by atoms with Gasteiger partial charge in [-0.2, -0.15) is 0 Å². The van der Waals surface area contributed by atoms with Gasteiger partial charge in [-0.05, 0) is 6.07 Å². The van der Waals surface area contributed by atoms with E-state index in [-0.39, 0.29) is 24.6 Å². The number of ether oxygens (including phenoxy) is 1. The quantitative estimate of drug-likeness (QED) is 0.517. The first-order valence-electron chi connectivity index (χ1n) is 7.76. The maximum absolute atomic E-state index is 11.8. The molecule has 1 N–H and O–H groups in total. The van der Waals surface area contributed by atoms with Gasteiger partial charge in [0.15, 0.2) is 12.4 Å². The number of nitro benzene ring substituents is 1. The fourth-order valence-corrected chi connectivity index (χ4v) is 2.19. The van der Waals surface area contributed by atoms with E-state index < -0.39 is 10.8 Å². The topological polar surface area (TPSA) is 108 Å². The summed E-state index contributed by atoms with van der Waals surface area (Å²) in [6.45, 7) is -0.155. The molecule has 3 rings (SSSR count). The van der Waals surface area contributed by atoms with Crippen molar-refractivity contribution in [3.63, 3.8) is 0 Å². The van der Waals surface area contributed by atoms with Crippen LogP contribution in [0.1, 0.15) is 5.89 Å². The van der Waals surface area contributed by atoms with E-state index in [0.717, 1.165) is 5.56 Å². The van der Waals surface area contributed by atoms with Gasteiger partial charge in [-0.15, -0.1) is 0 Å². The third-order valence-corrected chi connectivity index (χ3v) is 3.45. The lowest BCUT2D eigenvalue weighted by Crippen LogP contribution is -2.28. The zero-order valence-electron chi connectivity index (χ0n) is 13.6. The Morgan fingerprint density at radius 3 is 2.77 bits per heavy atom. The third-order valence-electron chi connectivity index (χ3n) is 3.45. The number of carbonyl (C=O) groups is 1. The Balaban J connectivity index is 1.49. The summed E-state index contributed by atoms with van der Waals surface area (Å²) in [5, 5.41) is 13.3. The number of amides is 1. The third kappa shape index (κ3) is 4.44. The van der Waals surface area contributed by atoms with Crippen LogP contribution in [0.4, 0.5) is 5.69 Å². The molecule has 132 valence electrons. The van der Waals surface area contributed by atoms with Gasteiger partial charge >= 0.3 is 0 Å². The van der Waals surface area contributed by atoms with Crippen molar-refractivity contribution in [2.24, 2.45) is 0 Å². The van der Waals surface area contributed by atoms with Crippen molar-refractivity contribution in [3.05, 3.63) is 76.8 Å². The van der Waals surface area contributed by atoms with Crippen LogP contribution in [-0.4, -0.2) is 22.4 Å². The van der Waals surface area contributed by atoms with E-state index in [1.165, 1.54) is 18.2 Å². The van der Waals surface area contributed by atoms with Crippen LogP contribution in [0.25, 0.3) is 11.3 Å². The zero-order valence-corrected chi connectivity index (χ0v) is 13.6. The second-order valence-electron chi connectivity index (χ2n) is 5.30. The molecule has 0 aliphatic carbocycles. The van der Waals surface area contributed by atoms with Crippen molar-refractivity contribution >= 4 is 11.6 Å². The van der Waals surface area contributed by atoms with Crippen LogP contribution in [0.3, 0.4) is 0 Å². The molecule has 0 saturated carbocycles. The van der Waals surface area contributed by atoms with E-state index in [0.29, 0.717) is 11.7 Å². The average molecular weight is 353 g/mol. The van der Waals surface area contributed by atoms with Crippen molar-refractivity contribution in [1.82, 2.24) is 10.3 Å². The first-order valence-corrected chi connectivity index (χ1v) is 7.76. The molecule has 1 heterocycles. The number of nitro groups is 1. The molecule has 8 nitrogen and oxygen atoms in total. The molecule has 2 aromatic carbocycles. The molecule has 1 aromatic heterocycles. The Labute approximate surface area is 148 Å². The van der Waals surface area contributed by atoms with Crippen molar-refractivity contribution in [1.29, 1.82) is 0 Å². The van der Waals surface area contributed by atoms with Crippen molar-refractivity contribution < 1.29 is 18.9 Å². The molecule has 0 saturated heterocycles. The highest BCUT2D eigenvalue weighted by atomic mass is 16.6. The van der Waals surface area contributed by atoms with E-state index in [4.69, 9.17) is 9.15 Å². The molecule has 0 bridgehead atoms. The van der Waals surface area contributed by atoms with Crippen LogP contribution in [0.15, 0.2) is 65.2 Å². The summed E-state index contributed by atoms with van der Waals surface area (Å²) in [6.07, 6.45) is 1.59. The number of carbonyl (C=O) groups excluding carboxylic acids is 1. The fraction of sp³-hybridized carbons (Fsp3) is 0.111. The molecule has 0 spiro atoms. The van der Waals surface area contributed by atoms with Crippen LogP contribution < -0.4 is 10.1 Å². The Bertz CT molecular complexity index is 908. The number of non-ortho nitro benzene ring substituents is 1. The summed E-state index contributed by atoms with van der Waals surface area (Å²) in [5.74, 6) is 0.836. The van der Waals surface area contributed by atoms with Gasteiger partial charge in [-0.3, -0.25) is 14.9 Å². The van der Waals surface area contributed by atoms with Crippen LogP contribution in [0.5, 0.6) is 5.75 Å². The lowest BCUT2D eigenvalue weighted by Gasteiger charge is -2.06. The highest BCUT2D eigenvalue weighted by Gasteiger charge is 2.10. The molecule has 0 aliphatic rings. The largest absolute Gasteiger partial charge is 0.484 e. The summed E-state index contributed by atoms with van der Waals surface area (Å²) in [7, 11) is 0. The van der Waals surface area contributed by atoms with Gasteiger partial charge in [0.05, 0.1) is 23.7 Å². The van der Waals surface area contributed by atoms with E-state index in [1.54, 1.807) is 12.3 Å². The molecule has 3 aromatic rings. The van der Waals surface area contributed by atoms with Gasteiger partial charge in [-0.25, -0.2) is 4.98 Å². The zero-order chi connectivity index (χ0) is 18.4. The van der Waals surface area contributed by atoms with E-state index in [1.807, 2.05) is 30.3 Å². The van der Waals surface area contributed by atoms with Gasteiger partial charge < -0.3 is 14.5 Å². The second-order valence-corrected chi connectivity index (χ2v) is 5.30. The van der Waals surface area contributed by atoms with Crippen LogP contribution in [0.2, 0.25) is 0 Å². The first kappa shape index (κ1) is 17.2. The van der Waals surface area contributed by atoms with Gasteiger partial charge in [0.2, 0.25) is 5.89 Å². The minimum absolute atomic E-state index is 0.101. The van der Waals surface area contributed by atoms with Crippen molar-refractivity contribution in [2.45, 2.75) is 6.54 Å². The lowest BCUT2D eigenvalue weighted by atomic mass is 10.2. The number of hydrogen-bond donors (Lipinski definition) is 1. The Morgan fingerprint density at radius 2 is 2.00 bits per heavy atom. The number of benzene rings is 2. The number of nitrogens with one attached hydrogen (secondary N) is 1. The summed E-state index contributed by atoms with van der Waals surface area (Å²) in [6, 6.07) is 15.1. The highest BCUT2D eigenvalue weighted by molar-refractivity contribution is 5.77. The van der Waals surface area contributed by atoms with Gasteiger partial charge in [0.25, 0.3) is 11.6 Å². The monoisotopic (exact) mass is 353 g/mol. The number of oxazole rings is 1. The molecule has 0 unspecified atom stereocenters. The molecule has 0 fully saturated rings. The highest BCUT2D eigenvalue weighted by Crippen LogP contribution is 2.20. The van der Waals surface area contributed by atoms with Crippen LogP contribution in [0, 0.1) is 10.1 Å². The molecule has 26 heavy (non-hydrogen) atoms. The first-order chi connectivity index (χ1) is 12.6.